The highest BCUT2D eigenvalue weighted by Crippen LogP contribution is 2.18. The van der Waals surface area contributed by atoms with Crippen molar-refractivity contribution < 1.29 is 9.67 Å². The summed E-state index contributed by atoms with van der Waals surface area (Å²) >= 11 is 0. The minimum atomic E-state index is 0.0854. The second-order valence-electron chi connectivity index (χ2n) is 4.50. The summed E-state index contributed by atoms with van der Waals surface area (Å²) in [5, 5.41) is 11.8. The molecule has 0 bridgehead atoms. The number of hydrogen-bond acceptors (Lipinski definition) is 1. The molecule has 0 radical (unpaired) electrons. The Morgan fingerprint density at radius 2 is 2.06 bits per heavy atom. The van der Waals surface area contributed by atoms with Crippen LogP contribution in [-0.4, -0.2) is 5.11 Å². The molecule has 0 fully saturated rings. The Morgan fingerprint density at radius 3 is 2.69 bits per heavy atom. The van der Waals surface area contributed by atoms with Gasteiger partial charge in [0.1, 0.15) is 6.61 Å². The molecule has 0 amide bonds. The van der Waals surface area contributed by atoms with Crippen molar-refractivity contribution in [3.63, 3.8) is 0 Å². The molecule has 2 nitrogen and oxygen atoms in total. The van der Waals surface area contributed by atoms with Crippen LogP contribution in [0.5, 0.6) is 0 Å². The second kappa shape index (κ2) is 4.22. The maximum atomic E-state index is 9.38. The van der Waals surface area contributed by atoms with E-state index in [-0.39, 0.29) is 6.61 Å². The molecule has 2 rings (SSSR count). The van der Waals surface area contributed by atoms with E-state index in [2.05, 4.69) is 55.8 Å². The average molecular weight is 216 g/mol. The molecule has 0 aliphatic carbocycles. The zero-order valence-corrected chi connectivity index (χ0v) is 10.1. The van der Waals surface area contributed by atoms with Gasteiger partial charge in [0.15, 0.2) is 12.2 Å². The van der Waals surface area contributed by atoms with Gasteiger partial charge in [0, 0.05) is 11.5 Å². The van der Waals surface area contributed by atoms with E-state index in [0.29, 0.717) is 6.04 Å². The monoisotopic (exact) mass is 216 g/mol. The summed E-state index contributed by atoms with van der Waals surface area (Å²) in [4.78, 5) is 0. The maximum absolute atomic E-state index is 9.38. The van der Waals surface area contributed by atoms with Crippen molar-refractivity contribution in [2.24, 2.45) is 0 Å². The number of aliphatic hydroxyl groups excluding tert-OH is 1. The number of fused-ring (bicyclic) bond motifs is 1. The highest BCUT2D eigenvalue weighted by molar-refractivity contribution is 5.84. The number of nitrogens with zero attached hydrogens (tertiary/aromatic N) is 1. The van der Waals surface area contributed by atoms with Gasteiger partial charge in [-0.1, -0.05) is 18.2 Å². The molecule has 2 heteroatoms. The predicted octanol–water partition coefficient (Wildman–Crippen LogP) is 2.51. The van der Waals surface area contributed by atoms with Gasteiger partial charge in [-0.2, -0.15) is 4.57 Å². The lowest BCUT2D eigenvalue weighted by molar-refractivity contribution is -0.723. The predicted molar refractivity (Wildman–Crippen MR) is 65.2 cm³/mol. The highest BCUT2D eigenvalue weighted by Gasteiger charge is 2.15. The van der Waals surface area contributed by atoms with Crippen LogP contribution in [0.25, 0.3) is 10.8 Å². The van der Waals surface area contributed by atoms with E-state index < -0.39 is 0 Å². The fourth-order valence-electron chi connectivity index (χ4n) is 2.09. The zero-order valence-electron chi connectivity index (χ0n) is 10.1. The fourth-order valence-corrected chi connectivity index (χ4v) is 2.09. The smallest absolute Gasteiger partial charge is 0.207 e. The average Bonchev–Trinajstić information content (AvgIpc) is 2.27. The van der Waals surface area contributed by atoms with E-state index in [1.165, 1.54) is 16.3 Å². The van der Waals surface area contributed by atoms with Crippen LogP contribution in [0.2, 0.25) is 0 Å². The number of aliphatic hydroxyl groups is 1. The summed E-state index contributed by atoms with van der Waals surface area (Å²) in [6, 6.07) is 8.70. The van der Waals surface area contributed by atoms with Gasteiger partial charge in [0.05, 0.1) is 0 Å². The first-order valence-corrected chi connectivity index (χ1v) is 5.67. The van der Waals surface area contributed by atoms with Crippen LogP contribution in [0.3, 0.4) is 0 Å². The number of benzene rings is 1. The molecule has 84 valence electrons. The first kappa shape index (κ1) is 11.1. The van der Waals surface area contributed by atoms with Crippen LogP contribution in [-0.2, 0) is 6.61 Å². The molecule has 0 saturated carbocycles. The Kier molecular flexibility index (Phi) is 2.92. The number of pyridine rings is 1. The lowest BCUT2D eigenvalue weighted by Crippen LogP contribution is -2.40. The lowest BCUT2D eigenvalue weighted by atomic mass is 10.1. The van der Waals surface area contributed by atoms with E-state index in [0.717, 1.165) is 5.69 Å². The number of rotatable bonds is 2. The molecule has 0 aliphatic heterocycles. The van der Waals surface area contributed by atoms with Gasteiger partial charge in [-0.15, -0.1) is 0 Å². The molecule has 1 aromatic heterocycles. The summed E-state index contributed by atoms with van der Waals surface area (Å²) in [5.41, 5.74) is 2.24. The first-order chi connectivity index (χ1) is 7.63. The maximum Gasteiger partial charge on any atom is 0.207 e. The molecule has 0 saturated heterocycles. The molecule has 0 atom stereocenters. The van der Waals surface area contributed by atoms with Crippen LogP contribution < -0.4 is 4.57 Å². The van der Waals surface area contributed by atoms with E-state index >= 15 is 0 Å². The van der Waals surface area contributed by atoms with E-state index in [9.17, 15) is 5.11 Å². The van der Waals surface area contributed by atoms with E-state index in [1.54, 1.807) is 0 Å². The molecule has 0 aliphatic rings. The molecule has 16 heavy (non-hydrogen) atoms. The standard InChI is InChI=1S/C14H18NO/c1-10(2)15-8-14-11(3)5-4-6-12(14)7-13(15)9-16/h4-8,10,16H,9H2,1-3H3/q+1. The minimum absolute atomic E-state index is 0.0854. The Hall–Kier alpha value is -1.41. The molecular formula is C14H18NO+. The van der Waals surface area contributed by atoms with Crippen LogP contribution in [0.1, 0.15) is 31.1 Å². The minimum Gasteiger partial charge on any atom is -0.385 e. The largest absolute Gasteiger partial charge is 0.385 e. The third-order valence-corrected chi connectivity index (χ3v) is 3.00. The highest BCUT2D eigenvalue weighted by atomic mass is 16.3. The molecule has 2 aromatic rings. The van der Waals surface area contributed by atoms with E-state index in [4.69, 9.17) is 0 Å². The van der Waals surface area contributed by atoms with Gasteiger partial charge in [-0.05, 0) is 31.7 Å². The van der Waals surface area contributed by atoms with Crippen LogP contribution in [0.15, 0.2) is 30.5 Å². The Labute approximate surface area is 96.2 Å². The lowest BCUT2D eigenvalue weighted by Gasteiger charge is -2.08. The van der Waals surface area contributed by atoms with Gasteiger partial charge in [0.25, 0.3) is 0 Å². The Morgan fingerprint density at radius 1 is 1.31 bits per heavy atom. The van der Waals surface area contributed by atoms with Crippen molar-refractivity contribution in [2.75, 3.05) is 0 Å². The topological polar surface area (TPSA) is 24.1 Å². The van der Waals surface area contributed by atoms with Crippen LogP contribution >= 0.6 is 0 Å². The Bertz CT molecular complexity index is 517. The molecule has 0 unspecified atom stereocenters. The van der Waals surface area contributed by atoms with Crippen molar-refractivity contribution in [3.05, 3.63) is 41.7 Å². The van der Waals surface area contributed by atoms with Crippen molar-refractivity contribution in [1.82, 2.24) is 0 Å². The molecule has 1 aromatic carbocycles. The quantitative estimate of drug-likeness (QED) is 0.766. The number of hydrogen-bond donors (Lipinski definition) is 1. The van der Waals surface area contributed by atoms with Gasteiger partial charge < -0.3 is 5.11 Å². The first-order valence-electron chi connectivity index (χ1n) is 5.67. The number of aromatic nitrogens is 1. The third-order valence-electron chi connectivity index (χ3n) is 3.00. The SMILES string of the molecule is Cc1cccc2cc(CO)[n+](C(C)C)cc12. The summed E-state index contributed by atoms with van der Waals surface area (Å²) in [6.45, 7) is 6.46. The van der Waals surface area contributed by atoms with Gasteiger partial charge >= 0.3 is 0 Å². The van der Waals surface area contributed by atoms with Crippen molar-refractivity contribution in [3.8, 4) is 0 Å². The third kappa shape index (κ3) is 1.81. The summed E-state index contributed by atoms with van der Waals surface area (Å²) in [6.07, 6.45) is 2.14. The fraction of sp³-hybridized carbons (Fsp3) is 0.357. The molecule has 1 heterocycles. The van der Waals surface area contributed by atoms with Crippen molar-refractivity contribution in [1.29, 1.82) is 0 Å². The Balaban J connectivity index is 2.76. The van der Waals surface area contributed by atoms with Crippen molar-refractivity contribution >= 4 is 10.8 Å². The van der Waals surface area contributed by atoms with Crippen LogP contribution in [0.4, 0.5) is 0 Å². The molecule has 0 spiro atoms. The number of aryl methyl sites for hydroxylation is 1. The van der Waals surface area contributed by atoms with Crippen molar-refractivity contribution in [2.45, 2.75) is 33.4 Å². The van der Waals surface area contributed by atoms with Crippen LogP contribution in [0, 0.1) is 6.92 Å². The van der Waals surface area contributed by atoms with Gasteiger partial charge in [0.2, 0.25) is 5.69 Å². The summed E-state index contributed by atoms with van der Waals surface area (Å²) in [5.74, 6) is 0. The van der Waals surface area contributed by atoms with Gasteiger partial charge in [-0.3, -0.25) is 0 Å². The zero-order chi connectivity index (χ0) is 11.7. The summed E-state index contributed by atoms with van der Waals surface area (Å²) < 4.78 is 2.13. The molecule has 1 N–H and O–H groups in total. The molecular weight excluding hydrogens is 198 g/mol. The summed E-state index contributed by atoms with van der Waals surface area (Å²) in [7, 11) is 0. The second-order valence-corrected chi connectivity index (χ2v) is 4.50. The van der Waals surface area contributed by atoms with E-state index in [1.807, 2.05) is 0 Å². The van der Waals surface area contributed by atoms with Gasteiger partial charge in [-0.25, -0.2) is 0 Å². The normalized spacial score (nSPS) is 11.3.